The molecule has 0 heterocycles. The van der Waals surface area contributed by atoms with Crippen molar-refractivity contribution in [2.45, 2.75) is 19.8 Å². The number of hydrogen-bond acceptors (Lipinski definition) is 1. The van der Waals surface area contributed by atoms with Crippen LogP contribution in [0.25, 0.3) is 0 Å². The number of anilines is 1. The summed E-state index contributed by atoms with van der Waals surface area (Å²) in [6, 6.07) is 5.49. The van der Waals surface area contributed by atoms with E-state index in [4.69, 9.17) is 11.6 Å². The molecule has 0 aliphatic heterocycles. The third kappa shape index (κ3) is 2.07. The Kier molecular flexibility index (Phi) is 2.46. The summed E-state index contributed by atoms with van der Waals surface area (Å²) in [5.74, 6) is 0.375. The fraction of sp³-hybridized carbons (Fsp3) is 0.364. The highest BCUT2D eigenvalue weighted by Gasteiger charge is 2.29. The average molecular weight is 210 g/mol. The second-order valence-corrected chi connectivity index (χ2v) is 4.16. The van der Waals surface area contributed by atoms with Gasteiger partial charge in [0.1, 0.15) is 0 Å². The van der Waals surface area contributed by atoms with Gasteiger partial charge in [-0.15, -0.1) is 0 Å². The highest BCUT2D eigenvalue weighted by Crippen LogP contribution is 2.30. The lowest BCUT2D eigenvalue weighted by Crippen LogP contribution is -2.13. The predicted octanol–water partition coefficient (Wildman–Crippen LogP) is 3.00. The van der Waals surface area contributed by atoms with E-state index < -0.39 is 0 Å². The van der Waals surface area contributed by atoms with Crippen molar-refractivity contribution in [1.29, 1.82) is 0 Å². The van der Waals surface area contributed by atoms with Crippen LogP contribution in [-0.4, -0.2) is 5.91 Å². The van der Waals surface area contributed by atoms with Crippen molar-refractivity contribution in [1.82, 2.24) is 0 Å². The van der Waals surface area contributed by atoms with Crippen molar-refractivity contribution in [3.63, 3.8) is 0 Å². The van der Waals surface area contributed by atoms with Crippen LogP contribution in [0.3, 0.4) is 0 Å². The molecular weight excluding hydrogens is 198 g/mol. The lowest BCUT2D eigenvalue weighted by Gasteiger charge is -2.07. The smallest absolute Gasteiger partial charge is 0.227 e. The Hall–Kier alpha value is -1.02. The molecule has 1 aliphatic carbocycles. The summed E-state index contributed by atoms with van der Waals surface area (Å²) in [5, 5.41) is 3.60. The first-order chi connectivity index (χ1) is 6.66. The van der Waals surface area contributed by atoms with E-state index in [0.29, 0.717) is 5.02 Å². The number of halogens is 1. The van der Waals surface area contributed by atoms with E-state index in [1.807, 2.05) is 19.1 Å². The summed E-state index contributed by atoms with van der Waals surface area (Å²) in [6.45, 7) is 1.94. The number of amides is 1. The Bertz CT molecular complexity index is 372. The van der Waals surface area contributed by atoms with Gasteiger partial charge in [-0.25, -0.2) is 0 Å². The Morgan fingerprint density at radius 3 is 2.79 bits per heavy atom. The molecule has 74 valence electrons. The van der Waals surface area contributed by atoms with Gasteiger partial charge in [0.25, 0.3) is 0 Å². The molecule has 0 bridgehead atoms. The van der Waals surface area contributed by atoms with Crippen LogP contribution in [-0.2, 0) is 4.79 Å². The molecule has 1 aliphatic rings. The van der Waals surface area contributed by atoms with Gasteiger partial charge in [0.2, 0.25) is 5.91 Å². The van der Waals surface area contributed by atoms with Crippen LogP contribution in [0.2, 0.25) is 5.02 Å². The summed E-state index contributed by atoms with van der Waals surface area (Å²) in [6.07, 6.45) is 2.05. The summed E-state index contributed by atoms with van der Waals surface area (Å²) >= 11 is 5.82. The Balaban J connectivity index is 2.11. The Morgan fingerprint density at radius 1 is 1.50 bits per heavy atom. The van der Waals surface area contributed by atoms with E-state index in [1.54, 1.807) is 6.07 Å². The Labute approximate surface area is 88.3 Å². The van der Waals surface area contributed by atoms with Crippen LogP contribution < -0.4 is 5.32 Å². The third-order valence-corrected chi connectivity index (χ3v) is 2.63. The molecule has 0 aromatic heterocycles. The van der Waals surface area contributed by atoms with Gasteiger partial charge in [-0.05, 0) is 43.5 Å². The van der Waals surface area contributed by atoms with Crippen molar-refractivity contribution in [3.8, 4) is 0 Å². The van der Waals surface area contributed by atoms with Gasteiger partial charge >= 0.3 is 0 Å². The lowest BCUT2D eigenvalue weighted by atomic mass is 10.2. The highest BCUT2D eigenvalue weighted by molar-refractivity contribution is 6.30. The summed E-state index contributed by atoms with van der Waals surface area (Å²) < 4.78 is 0. The van der Waals surface area contributed by atoms with Crippen LogP contribution in [0.1, 0.15) is 18.4 Å². The monoisotopic (exact) mass is 209 g/mol. The van der Waals surface area contributed by atoms with Crippen LogP contribution in [0.4, 0.5) is 5.69 Å². The fourth-order valence-corrected chi connectivity index (χ4v) is 1.57. The average Bonchev–Trinajstić information content (AvgIpc) is 2.92. The number of hydrogen-bond donors (Lipinski definition) is 1. The molecule has 1 aromatic carbocycles. The predicted molar refractivity (Wildman–Crippen MR) is 57.5 cm³/mol. The van der Waals surface area contributed by atoms with Crippen molar-refractivity contribution in [2.24, 2.45) is 5.92 Å². The largest absolute Gasteiger partial charge is 0.326 e. The lowest BCUT2D eigenvalue weighted by molar-refractivity contribution is -0.117. The van der Waals surface area contributed by atoms with Gasteiger partial charge in [-0.3, -0.25) is 4.79 Å². The first-order valence-corrected chi connectivity index (χ1v) is 5.11. The van der Waals surface area contributed by atoms with Gasteiger partial charge in [0, 0.05) is 16.6 Å². The summed E-state index contributed by atoms with van der Waals surface area (Å²) in [5.41, 5.74) is 1.87. The first-order valence-electron chi connectivity index (χ1n) is 4.74. The van der Waals surface area contributed by atoms with Gasteiger partial charge < -0.3 is 5.32 Å². The number of rotatable bonds is 2. The molecular formula is C11H12ClNO. The number of nitrogens with one attached hydrogen (secondary N) is 1. The number of benzene rings is 1. The highest BCUT2D eigenvalue weighted by atomic mass is 35.5. The topological polar surface area (TPSA) is 29.1 Å². The maximum atomic E-state index is 11.5. The molecule has 1 N–H and O–H groups in total. The maximum Gasteiger partial charge on any atom is 0.227 e. The van der Waals surface area contributed by atoms with Crippen LogP contribution in [0.15, 0.2) is 18.2 Å². The van der Waals surface area contributed by atoms with Crippen molar-refractivity contribution in [2.75, 3.05) is 5.32 Å². The van der Waals surface area contributed by atoms with E-state index in [9.17, 15) is 4.79 Å². The third-order valence-electron chi connectivity index (χ3n) is 2.39. The van der Waals surface area contributed by atoms with Crippen molar-refractivity contribution < 1.29 is 4.79 Å². The standard InChI is InChI=1S/C11H12ClNO/c1-7-6-9(12)4-5-10(7)13-11(14)8-2-3-8/h4-6,8H,2-3H2,1H3,(H,13,14). The molecule has 1 amide bonds. The van der Waals surface area contributed by atoms with Gasteiger partial charge in [0.05, 0.1) is 0 Å². The van der Waals surface area contributed by atoms with Crippen molar-refractivity contribution in [3.05, 3.63) is 28.8 Å². The SMILES string of the molecule is Cc1cc(Cl)ccc1NC(=O)C1CC1. The minimum absolute atomic E-state index is 0.135. The van der Waals surface area contributed by atoms with Gasteiger partial charge in [-0.2, -0.15) is 0 Å². The van der Waals surface area contributed by atoms with E-state index in [-0.39, 0.29) is 11.8 Å². The second kappa shape index (κ2) is 3.62. The minimum Gasteiger partial charge on any atom is -0.326 e. The molecule has 0 radical (unpaired) electrons. The van der Waals surface area contributed by atoms with E-state index in [1.165, 1.54) is 0 Å². The zero-order chi connectivity index (χ0) is 10.1. The molecule has 3 heteroatoms. The number of carbonyl (C=O) groups is 1. The van der Waals surface area contributed by atoms with Crippen LogP contribution in [0.5, 0.6) is 0 Å². The molecule has 1 aromatic rings. The quantitative estimate of drug-likeness (QED) is 0.797. The summed E-state index contributed by atoms with van der Waals surface area (Å²) in [4.78, 5) is 11.5. The van der Waals surface area contributed by atoms with Gasteiger partial charge in [-0.1, -0.05) is 11.6 Å². The van der Waals surface area contributed by atoms with E-state index in [0.717, 1.165) is 24.1 Å². The zero-order valence-electron chi connectivity index (χ0n) is 8.01. The number of carbonyl (C=O) groups excluding carboxylic acids is 1. The number of aryl methyl sites for hydroxylation is 1. The van der Waals surface area contributed by atoms with Gasteiger partial charge in [0.15, 0.2) is 0 Å². The molecule has 2 nitrogen and oxygen atoms in total. The van der Waals surface area contributed by atoms with E-state index in [2.05, 4.69) is 5.32 Å². The fourth-order valence-electron chi connectivity index (χ4n) is 1.35. The molecule has 1 saturated carbocycles. The maximum absolute atomic E-state index is 11.5. The normalized spacial score (nSPS) is 15.3. The molecule has 0 atom stereocenters. The summed E-state index contributed by atoms with van der Waals surface area (Å²) in [7, 11) is 0. The second-order valence-electron chi connectivity index (χ2n) is 3.72. The van der Waals surface area contributed by atoms with Crippen LogP contribution in [0, 0.1) is 12.8 Å². The molecule has 0 unspecified atom stereocenters. The Morgan fingerprint density at radius 2 is 2.21 bits per heavy atom. The molecule has 1 fully saturated rings. The zero-order valence-corrected chi connectivity index (χ0v) is 8.77. The molecule has 2 rings (SSSR count). The van der Waals surface area contributed by atoms with E-state index >= 15 is 0 Å². The molecule has 0 saturated heterocycles. The van der Waals surface area contributed by atoms with Crippen molar-refractivity contribution >= 4 is 23.2 Å². The minimum atomic E-state index is 0.135. The first kappa shape index (κ1) is 9.53. The molecule has 14 heavy (non-hydrogen) atoms. The molecule has 0 spiro atoms. The van der Waals surface area contributed by atoms with Crippen LogP contribution >= 0.6 is 11.6 Å².